The van der Waals surface area contributed by atoms with Crippen molar-refractivity contribution in [3.05, 3.63) is 48.5 Å². The van der Waals surface area contributed by atoms with E-state index in [0.717, 1.165) is 6.26 Å². The minimum absolute atomic E-state index is 0.227. The average molecular weight is 320 g/mol. The first-order valence-corrected chi connectivity index (χ1v) is 8.35. The summed E-state index contributed by atoms with van der Waals surface area (Å²) in [6, 6.07) is 13.6. The van der Waals surface area contributed by atoms with E-state index in [-0.39, 0.29) is 5.91 Å². The minimum Gasteiger partial charge on any atom is -0.455 e. The van der Waals surface area contributed by atoms with E-state index in [4.69, 9.17) is 4.74 Å². The predicted octanol–water partition coefficient (Wildman–Crippen LogP) is 2.81. The zero-order valence-electron chi connectivity index (χ0n) is 12.2. The van der Waals surface area contributed by atoms with Gasteiger partial charge in [-0.1, -0.05) is 18.2 Å². The lowest BCUT2D eigenvalue weighted by Gasteiger charge is -2.14. The number of anilines is 2. The molecule has 0 aliphatic rings. The van der Waals surface area contributed by atoms with Crippen LogP contribution in [0.25, 0.3) is 0 Å². The number of para-hydroxylation sites is 1. The van der Waals surface area contributed by atoms with E-state index in [2.05, 4.69) is 10.0 Å². The third kappa shape index (κ3) is 4.78. The van der Waals surface area contributed by atoms with Crippen molar-refractivity contribution >= 4 is 27.3 Å². The van der Waals surface area contributed by atoms with Crippen LogP contribution < -0.4 is 14.8 Å². The summed E-state index contributed by atoms with van der Waals surface area (Å²) in [5.74, 6) is 0.622. The van der Waals surface area contributed by atoms with Gasteiger partial charge in [-0.15, -0.1) is 0 Å². The van der Waals surface area contributed by atoms with Gasteiger partial charge in [-0.3, -0.25) is 9.52 Å². The van der Waals surface area contributed by atoms with E-state index in [1.54, 1.807) is 36.4 Å². The molecule has 0 saturated heterocycles. The molecule has 0 aliphatic carbocycles. The second kappa shape index (κ2) is 6.48. The summed E-state index contributed by atoms with van der Waals surface area (Å²) >= 11 is 0. The van der Waals surface area contributed by atoms with Crippen molar-refractivity contribution in [1.82, 2.24) is 0 Å². The number of benzene rings is 2. The van der Waals surface area contributed by atoms with Crippen LogP contribution in [0.15, 0.2) is 48.5 Å². The first kappa shape index (κ1) is 15.8. The Bertz CT molecular complexity index is 773. The second-order valence-electron chi connectivity index (χ2n) is 4.68. The highest BCUT2D eigenvalue weighted by molar-refractivity contribution is 7.92. The van der Waals surface area contributed by atoms with Crippen LogP contribution in [0.4, 0.5) is 11.4 Å². The van der Waals surface area contributed by atoms with Crippen molar-refractivity contribution in [2.45, 2.75) is 6.92 Å². The van der Waals surface area contributed by atoms with Crippen molar-refractivity contribution in [2.24, 2.45) is 0 Å². The smallest absolute Gasteiger partial charge is 0.229 e. The number of nitrogens with one attached hydrogen (secondary N) is 2. The molecule has 116 valence electrons. The van der Waals surface area contributed by atoms with Crippen LogP contribution in [0.2, 0.25) is 0 Å². The lowest BCUT2D eigenvalue weighted by Crippen LogP contribution is -2.11. The zero-order valence-corrected chi connectivity index (χ0v) is 13.0. The number of hydrogen-bond donors (Lipinski definition) is 2. The quantitative estimate of drug-likeness (QED) is 0.887. The highest BCUT2D eigenvalue weighted by Gasteiger charge is 2.11. The van der Waals surface area contributed by atoms with Gasteiger partial charge in [0.2, 0.25) is 15.9 Å². The van der Waals surface area contributed by atoms with Crippen LogP contribution >= 0.6 is 0 Å². The lowest BCUT2D eigenvalue weighted by atomic mass is 10.2. The van der Waals surface area contributed by atoms with Gasteiger partial charge in [0.1, 0.15) is 5.75 Å². The van der Waals surface area contributed by atoms with Gasteiger partial charge in [0.05, 0.1) is 11.9 Å². The number of hydrogen-bond acceptors (Lipinski definition) is 4. The van der Waals surface area contributed by atoms with Gasteiger partial charge in [0.25, 0.3) is 0 Å². The maximum absolute atomic E-state index is 11.4. The Morgan fingerprint density at radius 2 is 1.77 bits per heavy atom. The maximum atomic E-state index is 11.4. The maximum Gasteiger partial charge on any atom is 0.229 e. The van der Waals surface area contributed by atoms with Gasteiger partial charge in [-0.05, 0) is 24.3 Å². The van der Waals surface area contributed by atoms with Crippen molar-refractivity contribution in [2.75, 3.05) is 16.3 Å². The molecule has 6 nitrogen and oxygen atoms in total. The normalized spacial score (nSPS) is 10.8. The van der Waals surface area contributed by atoms with Gasteiger partial charge in [-0.25, -0.2) is 8.42 Å². The molecule has 0 saturated carbocycles. The van der Waals surface area contributed by atoms with Crippen molar-refractivity contribution in [3.8, 4) is 11.5 Å². The average Bonchev–Trinajstić information content (AvgIpc) is 2.41. The highest BCUT2D eigenvalue weighted by atomic mass is 32.2. The number of rotatable bonds is 5. The van der Waals surface area contributed by atoms with Gasteiger partial charge in [-0.2, -0.15) is 0 Å². The topological polar surface area (TPSA) is 84.5 Å². The molecule has 0 unspecified atom stereocenters. The molecule has 0 bridgehead atoms. The van der Waals surface area contributed by atoms with Crippen molar-refractivity contribution in [3.63, 3.8) is 0 Å². The van der Waals surface area contributed by atoms with Crippen molar-refractivity contribution < 1.29 is 17.9 Å². The highest BCUT2D eigenvalue weighted by Crippen LogP contribution is 2.32. The van der Waals surface area contributed by atoms with Crippen LogP contribution in [0.1, 0.15) is 6.92 Å². The van der Waals surface area contributed by atoms with Crippen LogP contribution in [0.5, 0.6) is 11.5 Å². The Morgan fingerprint density at radius 1 is 1.09 bits per heavy atom. The first-order valence-electron chi connectivity index (χ1n) is 6.46. The lowest BCUT2D eigenvalue weighted by molar-refractivity contribution is -0.114. The summed E-state index contributed by atoms with van der Waals surface area (Å²) in [6.07, 6.45) is 1.06. The molecule has 0 spiro atoms. The molecule has 2 N–H and O–H groups in total. The molecule has 0 atom stereocenters. The molecule has 7 heteroatoms. The van der Waals surface area contributed by atoms with Gasteiger partial charge in [0.15, 0.2) is 5.75 Å². The summed E-state index contributed by atoms with van der Waals surface area (Å²) < 4.78 is 30.9. The van der Waals surface area contributed by atoms with Crippen LogP contribution in [-0.2, 0) is 14.8 Å². The first-order chi connectivity index (χ1) is 10.3. The van der Waals surface area contributed by atoms with E-state index in [1.165, 1.54) is 13.0 Å². The van der Waals surface area contributed by atoms with E-state index >= 15 is 0 Å². The summed E-state index contributed by atoms with van der Waals surface area (Å²) in [5, 5.41) is 2.62. The Hall–Kier alpha value is -2.54. The van der Waals surface area contributed by atoms with Gasteiger partial charge in [0, 0.05) is 18.7 Å². The van der Waals surface area contributed by atoms with Crippen LogP contribution in [0, 0.1) is 0 Å². The molecule has 2 aromatic rings. The molecule has 0 aromatic heterocycles. The third-order valence-electron chi connectivity index (χ3n) is 2.57. The summed E-state index contributed by atoms with van der Waals surface area (Å²) in [7, 11) is -3.45. The fraction of sp³-hybridized carbons (Fsp3) is 0.133. The zero-order chi connectivity index (χ0) is 16.2. The minimum atomic E-state index is -3.45. The molecule has 0 aliphatic heterocycles. The predicted molar refractivity (Wildman–Crippen MR) is 85.7 cm³/mol. The van der Waals surface area contributed by atoms with Crippen LogP contribution in [0.3, 0.4) is 0 Å². The molecule has 1 amide bonds. The Morgan fingerprint density at radius 3 is 2.36 bits per heavy atom. The van der Waals surface area contributed by atoms with Gasteiger partial charge < -0.3 is 10.1 Å². The summed E-state index contributed by atoms with van der Waals surface area (Å²) in [4.78, 5) is 11.1. The fourth-order valence-electron chi connectivity index (χ4n) is 1.79. The molecule has 2 rings (SSSR count). The molecule has 22 heavy (non-hydrogen) atoms. The molecule has 0 radical (unpaired) electrons. The number of carbonyl (C=O) groups excluding carboxylic acids is 1. The summed E-state index contributed by atoms with van der Waals surface area (Å²) in [5.41, 5.74) is 0.804. The van der Waals surface area contributed by atoms with Gasteiger partial charge >= 0.3 is 0 Å². The largest absolute Gasteiger partial charge is 0.455 e. The third-order valence-corrected chi connectivity index (χ3v) is 3.16. The number of carbonyl (C=O) groups is 1. The van der Waals surface area contributed by atoms with Crippen LogP contribution in [-0.4, -0.2) is 20.6 Å². The van der Waals surface area contributed by atoms with E-state index in [0.29, 0.717) is 22.9 Å². The monoisotopic (exact) mass is 320 g/mol. The Labute approximate surface area is 129 Å². The number of amides is 1. The number of sulfonamides is 1. The van der Waals surface area contributed by atoms with E-state index < -0.39 is 10.0 Å². The molecular weight excluding hydrogens is 304 g/mol. The van der Waals surface area contributed by atoms with Crippen molar-refractivity contribution in [1.29, 1.82) is 0 Å². The second-order valence-corrected chi connectivity index (χ2v) is 6.43. The SMILES string of the molecule is CC(=O)Nc1ccc(NS(C)(=O)=O)c(Oc2ccccc2)c1. The molecule has 2 aromatic carbocycles. The van der Waals surface area contributed by atoms with E-state index in [9.17, 15) is 13.2 Å². The molecule has 0 heterocycles. The standard InChI is InChI=1S/C15H16N2O4S/c1-11(18)16-12-8-9-14(17-22(2,19)20)15(10-12)21-13-6-4-3-5-7-13/h3-10,17H,1-2H3,(H,16,18). The fourth-order valence-corrected chi connectivity index (χ4v) is 2.36. The number of ether oxygens (including phenoxy) is 1. The Kier molecular flexibility index (Phi) is 4.67. The Balaban J connectivity index is 2.38. The summed E-state index contributed by atoms with van der Waals surface area (Å²) in [6.45, 7) is 1.39. The molecule has 0 fully saturated rings. The van der Waals surface area contributed by atoms with E-state index in [1.807, 2.05) is 6.07 Å². The molecular formula is C15H16N2O4S.